The summed E-state index contributed by atoms with van der Waals surface area (Å²) >= 11 is 12.1. The molecule has 1 aliphatic heterocycles. The molecule has 2 aromatic carbocycles. The van der Waals surface area contributed by atoms with E-state index in [1.165, 1.54) is 15.9 Å². The number of carboxylic acid groups (broad SMARTS) is 1. The van der Waals surface area contributed by atoms with Gasteiger partial charge in [0.2, 0.25) is 0 Å². The molecule has 1 heterocycles. The molecule has 5 nitrogen and oxygen atoms in total. The Balaban J connectivity index is 1.83. The summed E-state index contributed by atoms with van der Waals surface area (Å²) in [5.74, 6) is -2.80. The molecule has 3 rings (SSSR count). The molecule has 0 saturated carbocycles. The van der Waals surface area contributed by atoms with Crippen LogP contribution in [0.25, 0.3) is 0 Å². The summed E-state index contributed by atoms with van der Waals surface area (Å²) in [6, 6.07) is 7.69. The largest absolute Gasteiger partial charge is 0.481 e. The molecule has 2 aromatic rings. The van der Waals surface area contributed by atoms with E-state index in [2.05, 4.69) is 0 Å². The Hall–Kier alpha value is -2.38. The number of hydrogen-bond acceptors (Lipinski definition) is 2. The average Bonchev–Trinajstić information content (AvgIpc) is 2.62. The van der Waals surface area contributed by atoms with Crippen molar-refractivity contribution in [1.82, 2.24) is 9.80 Å². The average molecular weight is 443 g/mol. The van der Waals surface area contributed by atoms with Crippen molar-refractivity contribution >= 4 is 35.2 Å². The predicted molar refractivity (Wildman–Crippen MR) is 105 cm³/mol. The van der Waals surface area contributed by atoms with Crippen LogP contribution in [0, 0.1) is 17.6 Å². The maximum atomic E-state index is 14.1. The van der Waals surface area contributed by atoms with Gasteiger partial charge in [-0.05, 0) is 23.8 Å². The first-order chi connectivity index (χ1) is 13.7. The quantitative estimate of drug-likeness (QED) is 0.698. The Morgan fingerprint density at radius 2 is 1.66 bits per heavy atom. The fraction of sp³-hybridized carbons (Fsp3) is 0.300. The number of rotatable bonds is 6. The van der Waals surface area contributed by atoms with Gasteiger partial charge in [0.25, 0.3) is 0 Å². The van der Waals surface area contributed by atoms with Crippen LogP contribution in [0.3, 0.4) is 0 Å². The highest BCUT2D eigenvalue weighted by Crippen LogP contribution is 2.26. The summed E-state index contributed by atoms with van der Waals surface area (Å²) in [7, 11) is 0. The van der Waals surface area contributed by atoms with Crippen LogP contribution in [0.15, 0.2) is 36.4 Å². The molecule has 29 heavy (non-hydrogen) atoms. The first kappa shape index (κ1) is 21.3. The van der Waals surface area contributed by atoms with Crippen LogP contribution >= 0.6 is 23.2 Å². The molecule has 1 fully saturated rings. The molecule has 2 amide bonds. The number of halogens is 4. The lowest BCUT2D eigenvalue weighted by atomic mass is 10.0. The third-order valence-corrected chi connectivity index (χ3v) is 5.30. The number of benzene rings is 2. The Morgan fingerprint density at radius 3 is 2.24 bits per heavy atom. The number of carbonyl (C=O) groups excluding carboxylic acids is 1. The van der Waals surface area contributed by atoms with Crippen molar-refractivity contribution in [3.05, 3.63) is 69.2 Å². The SMILES string of the molecule is O=C(O)CC1CN(Cc2ccc(F)cc2F)C(=O)N(Cc2ccc(Cl)cc2Cl)C1. The van der Waals surface area contributed by atoms with Crippen molar-refractivity contribution in [2.45, 2.75) is 19.5 Å². The molecular formula is C20H18Cl2F2N2O3. The van der Waals surface area contributed by atoms with Crippen LogP contribution in [-0.4, -0.2) is 40.0 Å². The van der Waals surface area contributed by atoms with E-state index in [1.54, 1.807) is 18.2 Å². The number of hydrogen-bond donors (Lipinski definition) is 1. The molecule has 0 radical (unpaired) electrons. The molecule has 1 saturated heterocycles. The summed E-state index contributed by atoms with van der Waals surface area (Å²) in [6.45, 7) is 0.457. The predicted octanol–water partition coefficient (Wildman–Crippen LogP) is 4.80. The molecule has 1 aliphatic rings. The van der Waals surface area contributed by atoms with Gasteiger partial charge < -0.3 is 14.9 Å². The van der Waals surface area contributed by atoms with E-state index in [9.17, 15) is 23.5 Å². The Bertz CT molecular complexity index is 876. The number of carbonyl (C=O) groups is 2. The van der Waals surface area contributed by atoms with E-state index in [0.29, 0.717) is 15.6 Å². The highest BCUT2D eigenvalue weighted by molar-refractivity contribution is 6.35. The van der Waals surface area contributed by atoms with Crippen molar-refractivity contribution in [3.63, 3.8) is 0 Å². The third kappa shape index (κ3) is 5.36. The number of aliphatic carboxylic acids is 1. The second-order valence-electron chi connectivity index (χ2n) is 6.98. The minimum absolute atomic E-state index is 0.0914. The smallest absolute Gasteiger partial charge is 0.320 e. The van der Waals surface area contributed by atoms with Gasteiger partial charge in [-0.15, -0.1) is 0 Å². The lowest BCUT2D eigenvalue weighted by Crippen LogP contribution is -2.53. The van der Waals surface area contributed by atoms with Gasteiger partial charge in [-0.1, -0.05) is 35.3 Å². The van der Waals surface area contributed by atoms with E-state index in [0.717, 1.165) is 12.1 Å². The number of urea groups is 1. The second kappa shape index (κ2) is 8.97. The topological polar surface area (TPSA) is 60.9 Å². The summed E-state index contributed by atoms with van der Waals surface area (Å²) in [4.78, 5) is 27.0. The summed E-state index contributed by atoms with van der Waals surface area (Å²) in [6.07, 6.45) is -0.138. The second-order valence-corrected chi connectivity index (χ2v) is 7.82. The van der Waals surface area contributed by atoms with Crippen molar-refractivity contribution in [2.24, 2.45) is 5.92 Å². The van der Waals surface area contributed by atoms with Gasteiger partial charge in [-0.2, -0.15) is 0 Å². The lowest BCUT2D eigenvalue weighted by molar-refractivity contribution is -0.138. The zero-order valence-corrected chi connectivity index (χ0v) is 16.8. The van der Waals surface area contributed by atoms with E-state index < -0.39 is 17.6 Å². The summed E-state index contributed by atoms with van der Waals surface area (Å²) in [5.41, 5.74) is 0.813. The molecule has 0 aliphatic carbocycles. The number of carboxylic acids is 1. The minimum Gasteiger partial charge on any atom is -0.481 e. The monoisotopic (exact) mass is 442 g/mol. The molecular weight excluding hydrogens is 425 g/mol. The van der Waals surface area contributed by atoms with Gasteiger partial charge in [0, 0.05) is 47.2 Å². The van der Waals surface area contributed by atoms with Crippen LogP contribution in [0.5, 0.6) is 0 Å². The summed E-state index contributed by atoms with van der Waals surface area (Å²) < 4.78 is 27.2. The molecule has 1 N–H and O–H groups in total. The van der Waals surface area contributed by atoms with Gasteiger partial charge in [0.05, 0.1) is 13.0 Å². The molecule has 0 bridgehead atoms. The highest BCUT2D eigenvalue weighted by Gasteiger charge is 2.33. The van der Waals surface area contributed by atoms with Crippen LogP contribution in [0.2, 0.25) is 10.0 Å². The summed E-state index contributed by atoms with van der Waals surface area (Å²) in [5, 5.41) is 10.0. The van der Waals surface area contributed by atoms with Crippen LogP contribution < -0.4 is 0 Å². The van der Waals surface area contributed by atoms with Crippen LogP contribution in [-0.2, 0) is 17.9 Å². The zero-order chi connectivity index (χ0) is 21.1. The van der Waals surface area contributed by atoms with Crippen molar-refractivity contribution in [3.8, 4) is 0 Å². The van der Waals surface area contributed by atoms with Crippen LogP contribution in [0.4, 0.5) is 13.6 Å². The Kier molecular flexibility index (Phi) is 6.59. The van der Waals surface area contributed by atoms with E-state index in [4.69, 9.17) is 23.2 Å². The maximum Gasteiger partial charge on any atom is 0.320 e. The fourth-order valence-electron chi connectivity index (χ4n) is 3.39. The van der Waals surface area contributed by atoms with E-state index in [1.807, 2.05) is 0 Å². The number of amides is 2. The molecule has 9 heteroatoms. The molecule has 154 valence electrons. The molecule has 1 atom stereocenters. The van der Waals surface area contributed by atoms with Gasteiger partial charge >= 0.3 is 12.0 Å². The maximum absolute atomic E-state index is 14.1. The zero-order valence-electron chi connectivity index (χ0n) is 15.2. The van der Waals surface area contributed by atoms with Crippen molar-refractivity contribution in [2.75, 3.05) is 13.1 Å². The molecule has 0 spiro atoms. The normalized spacial score (nSPS) is 17.0. The molecule has 1 unspecified atom stereocenters. The van der Waals surface area contributed by atoms with Gasteiger partial charge in [-0.3, -0.25) is 4.79 Å². The first-order valence-corrected chi connectivity index (χ1v) is 9.62. The van der Waals surface area contributed by atoms with E-state index in [-0.39, 0.29) is 50.1 Å². The van der Waals surface area contributed by atoms with Crippen LogP contribution in [0.1, 0.15) is 17.5 Å². The lowest BCUT2D eigenvalue weighted by Gasteiger charge is -2.40. The fourth-order valence-corrected chi connectivity index (χ4v) is 3.86. The third-order valence-electron chi connectivity index (χ3n) is 4.71. The van der Waals surface area contributed by atoms with E-state index >= 15 is 0 Å². The van der Waals surface area contributed by atoms with Gasteiger partial charge in [0.15, 0.2) is 0 Å². The van der Waals surface area contributed by atoms with Gasteiger partial charge in [-0.25, -0.2) is 13.6 Å². The Labute approximate surface area is 176 Å². The Morgan fingerprint density at radius 1 is 1.03 bits per heavy atom. The standard InChI is InChI=1S/C20H18Cl2F2N2O3/c21-15-3-1-13(17(22)6-15)10-25-8-12(5-19(27)28)9-26(20(25)29)11-14-2-4-16(23)7-18(14)24/h1-4,6-7,12H,5,8-11H2,(H,27,28). The van der Waals surface area contributed by atoms with Crippen molar-refractivity contribution < 1.29 is 23.5 Å². The van der Waals surface area contributed by atoms with Gasteiger partial charge in [0.1, 0.15) is 11.6 Å². The molecule has 0 aromatic heterocycles. The number of nitrogens with zero attached hydrogens (tertiary/aromatic N) is 2. The van der Waals surface area contributed by atoms with Crippen molar-refractivity contribution in [1.29, 1.82) is 0 Å². The minimum atomic E-state index is -0.985. The first-order valence-electron chi connectivity index (χ1n) is 8.86. The highest BCUT2D eigenvalue weighted by atomic mass is 35.5.